The van der Waals surface area contributed by atoms with Crippen LogP contribution in [-0.4, -0.2) is 35.0 Å². The Morgan fingerprint density at radius 2 is 1.96 bits per heavy atom. The number of carbonyl (C=O) groups excluding carboxylic acids is 3. The molecule has 1 amide bonds. The van der Waals surface area contributed by atoms with Crippen LogP contribution in [0.2, 0.25) is 0 Å². The topological polar surface area (TPSA) is 94.6 Å². The molecule has 8 heteroatoms. The number of ether oxygens (including phenoxy) is 2. The Hall–Kier alpha value is -1.96. The first-order valence-electron chi connectivity index (χ1n) is 8.04. The Morgan fingerprint density at radius 1 is 1.25 bits per heavy atom. The minimum Gasteiger partial charge on any atom is -0.461 e. The van der Waals surface area contributed by atoms with Crippen molar-refractivity contribution in [2.24, 2.45) is 0 Å². The first kappa shape index (κ1) is 18.4. The molecule has 0 aliphatic heterocycles. The lowest BCUT2D eigenvalue weighted by Gasteiger charge is -2.35. The van der Waals surface area contributed by atoms with Crippen molar-refractivity contribution in [2.45, 2.75) is 58.1 Å². The summed E-state index contributed by atoms with van der Waals surface area (Å²) in [5, 5.41) is 4.66. The lowest BCUT2D eigenvalue weighted by molar-refractivity contribution is -0.156. The highest BCUT2D eigenvalue weighted by Gasteiger charge is 2.41. The molecule has 0 aromatic carbocycles. The molecule has 2 rings (SSSR count). The summed E-state index contributed by atoms with van der Waals surface area (Å²) in [5.41, 5.74) is -0.449. The van der Waals surface area contributed by atoms with Crippen LogP contribution >= 0.6 is 11.3 Å². The molecule has 0 bridgehead atoms. The van der Waals surface area contributed by atoms with Crippen molar-refractivity contribution in [3.63, 3.8) is 0 Å². The molecule has 0 spiro atoms. The molecule has 0 unspecified atom stereocenters. The second-order valence-electron chi connectivity index (χ2n) is 5.76. The van der Waals surface area contributed by atoms with Gasteiger partial charge >= 0.3 is 11.9 Å². The van der Waals surface area contributed by atoms with E-state index in [1.807, 2.05) is 0 Å². The Kier molecular flexibility index (Phi) is 6.30. The Morgan fingerprint density at radius 3 is 2.58 bits per heavy atom. The molecule has 0 atom stereocenters. The molecule has 1 heterocycles. The molecule has 0 radical (unpaired) electrons. The molecule has 1 N–H and O–H groups in total. The van der Waals surface area contributed by atoms with E-state index in [1.54, 1.807) is 12.3 Å². The van der Waals surface area contributed by atoms with Crippen LogP contribution in [0.1, 0.15) is 61.4 Å². The van der Waals surface area contributed by atoms with Gasteiger partial charge in [0.1, 0.15) is 12.1 Å². The normalized spacial score (nSPS) is 16.2. The summed E-state index contributed by atoms with van der Waals surface area (Å²) in [4.78, 5) is 39.7. The Balaban J connectivity index is 1.98. The molecule has 1 saturated carbocycles. The van der Waals surface area contributed by atoms with Crippen molar-refractivity contribution in [2.75, 3.05) is 6.61 Å². The number of amides is 1. The maximum atomic E-state index is 12.5. The predicted molar refractivity (Wildman–Crippen MR) is 87.5 cm³/mol. The van der Waals surface area contributed by atoms with Gasteiger partial charge in [0, 0.05) is 12.3 Å². The van der Waals surface area contributed by atoms with Gasteiger partial charge in [0.25, 0.3) is 0 Å². The van der Waals surface area contributed by atoms with Crippen LogP contribution in [0.3, 0.4) is 0 Å². The number of thiazole rings is 1. The molecule has 1 aromatic heterocycles. The first-order valence-corrected chi connectivity index (χ1v) is 8.92. The predicted octanol–water partition coefficient (Wildman–Crippen LogP) is 2.20. The number of nitrogens with zero attached hydrogens (tertiary/aromatic N) is 1. The van der Waals surface area contributed by atoms with Gasteiger partial charge in [0.2, 0.25) is 10.9 Å². The van der Waals surface area contributed by atoms with Crippen LogP contribution < -0.4 is 5.32 Å². The fraction of sp³-hybridized carbons (Fsp3) is 0.625. The number of esters is 2. The Labute approximate surface area is 144 Å². The second-order valence-corrected chi connectivity index (χ2v) is 6.62. The van der Waals surface area contributed by atoms with Gasteiger partial charge in [-0.25, -0.2) is 14.6 Å². The van der Waals surface area contributed by atoms with E-state index in [4.69, 9.17) is 9.47 Å². The molecule has 1 aliphatic carbocycles. The smallest absolute Gasteiger partial charge is 0.367 e. The van der Waals surface area contributed by atoms with Crippen LogP contribution in [0.25, 0.3) is 0 Å². The molecule has 7 nitrogen and oxygen atoms in total. The third kappa shape index (κ3) is 4.53. The third-order valence-electron chi connectivity index (χ3n) is 3.87. The number of hydrogen-bond acceptors (Lipinski definition) is 7. The fourth-order valence-corrected chi connectivity index (χ4v) is 3.50. The van der Waals surface area contributed by atoms with Crippen LogP contribution in [0.5, 0.6) is 0 Å². The maximum absolute atomic E-state index is 12.5. The number of rotatable bonds is 6. The van der Waals surface area contributed by atoms with Crippen molar-refractivity contribution < 1.29 is 23.9 Å². The van der Waals surface area contributed by atoms with Gasteiger partial charge in [0.05, 0.1) is 12.3 Å². The van der Waals surface area contributed by atoms with Gasteiger partial charge in [-0.15, -0.1) is 11.3 Å². The van der Waals surface area contributed by atoms with E-state index in [0.29, 0.717) is 18.5 Å². The Bertz CT molecular complexity index is 607. The maximum Gasteiger partial charge on any atom is 0.367 e. The summed E-state index contributed by atoms with van der Waals surface area (Å²) >= 11 is 1.15. The van der Waals surface area contributed by atoms with Crippen LogP contribution in [0.4, 0.5) is 0 Å². The highest BCUT2D eigenvalue weighted by Crippen LogP contribution is 2.30. The van der Waals surface area contributed by atoms with Crippen molar-refractivity contribution in [3.05, 3.63) is 16.1 Å². The number of carbonyl (C=O) groups is 3. The molecule has 24 heavy (non-hydrogen) atoms. The summed E-state index contributed by atoms with van der Waals surface area (Å²) < 4.78 is 10.2. The SMILES string of the molecule is CCOC(=O)c1nc(COC(=O)C2(NC(C)=O)CCCCC2)cs1. The van der Waals surface area contributed by atoms with Crippen LogP contribution in [0.15, 0.2) is 5.38 Å². The zero-order valence-corrected chi connectivity index (χ0v) is 14.7. The average molecular weight is 354 g/mol. The minimum absolute atomic E-state index is 0.0317. The van der Waals surface area contributed by atoms with E-state index < -0.39 is 17.5 Å². The zero-order valence-electron chi connectivity index (χ0n) is 13.9. The van der Waals surface area contributed by atoms with Gasteiger partial charge in [-0.05, 0) is 19.8 Å². The standard InChI is InChI=1S/C16H22N2O5S/c1-3-22-14(20)13-17-12(10-24-13)9-23-15(21)16(18-11(2)19)7-5-4-6-8-16/h10H,3-9H2,1-2H3,(H,18,19). The van der Waals surface area contributed by atoms with E-state index in [-0.39, 0.29) is 24.1 Å². The summed E-state index contributed by atoms with van der Waals surface area (Å²) in [6, 6.07) is 0. The number of hydrogen-bond donors (Lipinski definition) is 1. The molecule has 1 aliphatic rings. The van der Waals surface area contributed by atoms with Gasteiger partial charge in [0.15, 0.2) is 0 Å². The van der Waals surface area contributed by atoms with Gasteiger partial charge in [-0.1, -0.05) is 19.3 Å². The molecule has 132 valence electrons. The van der Waals surface area contributed by atoms with Crippen molar-refractivity contribution in [1.29, 1.82) is 0 Å². The average Bonchev–Trinajstić information content (AvgIpc) is 3.02. The van der Waals surface area contributed by atoms with E-state index in [9.17, 15) is 14.4 Å². The van der Waals surface area contributed by atoms with Crippen LogP contribution in [0, 0.1) is 0 Å². The van der Waals surface area contributed by atoms with E-state index in [0.717, 1.165) is 30.6 Å². The van der Waals surface area contributed by atoms with Crippen LogP contribution in [-0.2, 0) is 25.7 Å². The summed E-state index contributed by atoms with van der Waals surface area (Å²) in [7, 11) is 0. The number of nitrogens with one attached hydrogen (secondary N) is 1. The fourth-order valence-electron chi connectivity index (χ4n) is 2.81. The molecule has 1 fully saturated rings. The summed E-state index contributed by atoms with van der Waals surface area (Å²) in [6.45, 7) is 3.37. The largest absolute Gasteiger partial charge is 0.461 e. The summed E-state index contributed by atoms with van der Waals surface area (Å²) in [6.07, 6.45) is 3.95. The lowest BCUT2D eigenvalue weighted by Crippen LogP contribution is -2.55. The molecule has 1 aromatic rings. The first-order chi connectivity index (χ1) is 11.5. The quantitative estimate of drug-likeness (QED) is 0.787. The molecular weight excluding hydrogens is 332 g/mol. The van der Waals surface area contributed by atoms with Crippen molar-refractivity contribution in [3.8, 4) is 0 Å². The molecule has 0 saturated heterocycles. The lowest BCUT2D eigenvalue weighted by atomic mass is 9.81. The van der Waals surface area contributed by atoms with Gasteiger partial charge in [-0.2, -0.15) is 0 Å². The molecular formula is C16H22N2O5S. The summed E-state index contributed by atoms with van der Waals surface area (Å²) in [5.74, 6) is -1.17. The van der Waals surface area contributed by atoms with E-state index in [1.165, 1.54) is 6.92 Å². The third-order valence-corrected chi connectivity index (χ3v) is 4.74. The highest BCUT2D eigenvalue weighted by atomic mass is 32.1. The van der Waals surface area contributed by atoms with E-state index in [2.05, 4.69) is 10.3 Å². The number of aromatic nitrogens is 1. The van der Waals surface area contributed by atoms with Gasteiger partial charge < -0.3 is 14.8 Å². The van der Waals surface area contributed by atoms with E-state index >= 15 is 0 Å². The van der Waals surface area contributed by atoms with Crippen molar-refractivity contribution >= 4 is 29.2 Å². The second kappa shape index (κ2) is 8.23. The van der Waals surface area contributed by atoms with Crippen molar-refractivity contribution in [1.82, 2.24) is 10.3 Å². The zero-order chi connectivity index (χ0) is 17.6. The monoisotopic (exact) mass is 354 g/mol. The minimum atomic E-state index is -0.940. The van der Waals surface area contributed by atoms with Gasteiger partial charge in [-0.3, -0.25) is 4.79 Å². The highest BCUT2D eigenvalue weighted by molar-refractivity contribution is 7.11.